The van der Waals surface area contributed by atoms with Gasteiger partial charge in [0.2, 0.25) is 5.91 Å². The van der Waals surface area contributed by atoms with Crippen LogP contribution < -0.4 is 5.32 Å². The molecule has 2 N–H and O–H groups in total. The van der Waals surface area contributed by atoms with Crippen LogP contribution in [0.25, 0.3) is 0 Å². The smallest absolute Gasteiger partial charge is 0.248 e. The zero-order valence-corrected chi connectivity index (χ0v) is 18.6. The summed E-state index contributed by atoms with van der Waals surface area (Å²) in [5.41, 5.74) is -0.804. The van der Waals surface area contributed by atoms with Crippen LogP contribution in [0.5, 0.6) is 0 Å². The molecule has 0 unspecified atom stereocenters. The molecule has 0 aliphatic heterocycles. The predicted octanol–water partition coefficient (Wildman–Crippen LogP) is 2.26. The van der Waals surface area contributed by atoms with E-state index in [4.69, 9.17) is 9.47 Å². The van der Waals surface area contributed by atoms with Crippen molar-refractivity contribution >= 4 is 32.2 Å². The number of anilines is 1. The van der Waals surface area contributed by atoms with Crippen molar-refractivity contribution in [2.45, 2.75) is 29.8 Å². The van der Waals surface area contributed by atoms with Gasteiger partial charge in [-0.3, -0.25) is 4.79 Å². The van der Waals surface area contributed by atoms with E-state index in [0.717, 1.165) is 6.20 Å². The second-order valence-electron chi connectivity index (χ2n) is 7.04. The van der Waals surface area contributed by atoms with Crippen molar-refractivity contribution < 1.29 is 32.2 Å². The monoisotopic (exact) mass is 470 g/mol. The highest BCUT2D eigenvalue weighted by Crippen LogP contribution is 2.49. The van der Waals surface area contributed by atoms with E-state index in [-0.39, 0.29) is 22.4 Å². The van der Waals surface area contributed by atoms with Gasteiger partial charge in [-0.25, -0.2) is 13.4 Å². The Hall–Kier alpha value is -2.34. The second kappa shape index (κ2) is 9.43. The number of carbonyl (C=O) groups excluding carboxylic acids is 1. The van der Waals surface area contributed by atoms with Gasteiger partial charge in [-0.15, -0.1) is 0 Å². The summed E-state index contributed by atoms with van der Waals surface area (Å²) in [7, 11) is -1.98. The third kappa shape index (κ3) is 5.12. The molecule has 1 amide bonds. The SMILES string of the molecule is COCCCS(=O)(=O)c1ccc([C@@]2(C(=O)Nc3ncc(F)s3)C=C2O[C@H](C)CO)cc1. The first kappa shape index (κ1) is 23.3. The van der Waals surface area contributed by atoms with Gasteiger partial charge in [0.1, 0.15) is 11.9 Å². The number of amides is 1. The first-order chi connectivity index (χ1) is 14.7. The molecule has 168 valence electrons. The van der Waals surface area contributed by atoms with Crippen molar-refractivity contribution in [2.24, 2.45) is 0 Å². The normalized spacial score (nSPS) is 18.9. The number of carbonyl (C=O) groups is 1. The standard InChI is InChI=1S/C20H23FN2O6S2/c1-13(12-24)29-16-10-20(16,18(25)23-19-22-11-17(21)30-19)14-4-6-15(7-5-14)31(26,27)9-3-8-28-2/h4-7,10-11,13,24H,3,8-9,12H2,1-2H3,(H,22,23,25)/t13-,20+/m1/s1. The number of aliphatic hydroxyl groups excluding tert-OH is 1. The van der Waals surface area contributed by atoms with Crippen LogP contribution in [0, 0.1) is 5.13 Å². The van der Waals surface area contributed by atoms with E-state index in [2.05, 4.69) is 10.3 Å². The molecule has 1 aromatic heterocycles. The van der Waals surface area contributed by atoms with Crippen LogP contribution in [0.3, 0.4) is 0 Å². The van der Waals surface area contributed by atoms with Crippen molar-refractivity contribution in [3.63, 3.8) is 0 Å². The zero-order chi connectivity index (χ0) is 22.6. The molecule has 1 aliphatic carbocycles. The Balaban J connectivity index is 1.84. The fraction of sp³-hybridized carbons (Fsp3) is 0.400. The quantitative estimate of drug-likeness (QED) is 0.484. The lowest BCUT2D eigenvalue weighted by atomic mass is 9.92. The number of ether oxygens (including phenoxy) is 2. The van der Waals surface area contributed by atoms with Crippen molar-refractivity contribution in [1.82, 2.24) is 4.98 Å². The molecule has 1 heterocycles. The van der Waals surface area contributed by atoms with Gasteiger partial charge in [-0.2, -0.15) is 4.39 Å². The van der Waals surface area contributed by atoms with Crippen molar-refractivity contribution in [2.75, 3.05) is 31.4 Å². The van der Waals surface area contributed by atoms with Gasteiger partial charge in [0.25, 0.3) is 0 Å². The molecule has 3 rings (SSSR count). The van der Waals surface area contributed by atoms with Crippen LogP contribution in [0.4, 0.5) is 9.52 Å². The number of sulfone groups is 1. The van der Waals surface area contributed by atoms with Crippen molar-refractivity contribution in [3.8, 4) is 0 Å². The number of hydrogen-bond donors (Lipinski definition) is 2. The summed E-state index contributed by atoms with van der Waals surface area (Å²) in [6, 6.07) is 5.97. The molecule has 1 aliphatic rings. The van der Waals surface area contributed by atoms with Gasteiger partial charge in [0.05, 0.1) is 23.5 Å². The lowest BCUT2D eigenvalue weighted by molar-refractivity contribution is -0.118. The molecular formula is C20H23FN2O6S2. The molecule has 0 radical (unpaired) electrons. The van der Waals surface area contributed by atoms with Gasteiger partial charge < -0.3 is 19.9 Å². The van der Waals surface area contributed by atoms with E-state index >= 15 is 0 Å². The number of hydrogen-bond acceptors (Lipinski definition) is 8. The Bertz CT molecular complexity index is 1070. The Morgan fingerprint density at radius 3 is 2.65 bits per heavy atom. The number of rotatable bonds is 11. The van der Waals surface area contributed by atoms with E-state index in [1.165, 1.54) is 19.2 Å². The van der Waals surface area contributed by atoms with Gasteiger partial charge >= 0.3 is 0 Å². The van der Waals surface area contributed by atoms with Gasteiger partial charge in [-0.05, 0) is 37.1 Å². The summed E-state index contributed by atoms with van der Waals surface area (Å²) in [5, 5.41) is 11.4. The second-order valence-corrected chi connectivity index (χ2v) is 10.1. The average Bonchev–Trinajstić information content (AvgIpc) is 3.32. The fourth-order valence-corrected chi connectivity index (χ4v) is 4.84. The van der Waals surface area contributed by atoms with E-state index in [9.17, 15) is 22.7 Å². The maximum absolute atomic E-state index is 13.2. The Morgan fingerprint density at radius 2 is 2.06 bits per heavy atom. The maximum Gasteiger partial charge on any atom is 0.248 e. The molecule has 31 heavy (non-hydrogen) atoms. The summed E-state index contributed by atoms with van der Waals surface area (Å²) in [6.45, 7) is 1.74. The molecule has 0 bridgehead atoms. The summed E-state index contributed by atoms with van der Waals surface area (Å²) in [5.74, 6) is -0.251. The number of aromatic nitrogens is 1. The predicted molar refractivity (Wildman–Crippen MR) is 113 cm³/mol. The van der Waals surface area contributed by atoms with Crippen LogP contribution in [-0.2, 0) is 29.5 Å². The fourth-order valence-electron chi connectivity index (χ4n) is 3.02. The third-order valence-corrected chi connectivity index (χ3v) is 7.24. The van der Waals surface area contributed by atoms with Gasteiger partial charge in [-0.1, -0.05) is 23.5 Å². The van der Waals surface area contributed by atoms with E-state index in [0.29, 0.717) is 35.7 Å². The Morgan fingerprint density at radius 1 is 1.35 bits per heavy atom. The number of methoxy groups -OCH3 is 1. The summed E-state index contributed by atoms with van der Waals surface area (Å²) < 4.78 is 48.7. The average molecular weight is 471 g/mol. The lowest BCUT2D eigenvalue weighted by Crippen LogP contribution is -2.32. The number of thiazole rings is 1. The van der Waals surface area contributed by atoms with Crippen LogP contribution in [-0.4, -0.2) is 56.6 Å². The molecule has 2 atom stereocenters. The number of nitrogens with zero attached hydrogens (tertiary/aromatic N) is 1. The largest absolute Gasteiger partial charge is 0.491 e. The Labute approximate surface area is 183 Å². The highest BCUT2D eigenvalue weighted by molar-refractivity contribution is 7.91. The van der Waals surface area contributed by atoms with Crippen LogP contribution >= 0.6 is 11.3 Å². The number of halogens is 1. The third-order valence-electron chi connectivity index (χ3n) is 4.72. The van der Waals surface area contributed by atoms with Crippen LogP contribution in [0.15, 0.2) is 47.2 Å². The molecule has 1 aromatic carbocycles. The minimum Gasteiger partial charge on any atom is -0.491 e. The molecule has 11 heteroatoms. The van der Waals surface area contributed by atoms with E-state index in [1.54, 1.807) is 25.1 Å². The first-order valence-corrected chi connectivity index (χ1v) is 12.0. The molecule has 0 saturated carbocycles. The number of benzene rings is 1. The summed E-state index contributed by atoms with van der Waals surface area (Å²) in [4.78, 5) is 17.0. The number of nitrogens with one attached hydrogen (secondary N) is 1. The zero-order valence-electron chi connectivity index (χ0n) is 17.0. The molecular weight excluding hydrogens is 447 g/mol. The van der Waals surface area contributed by atoms with Crippen LogP contribution in [0.2, 0.25) is 0 Å². The maximum atomic E-state index is 13.2. The van der Waals surface area contributed by atoms with E-state index in [1.807, 2.05) is 0 Å². The number of aliphatic hydroxyl groups is 1. The minimum absolute atomic E-state index is 0.0535. The van der Waals surface area contributed by atoms with Crippen molar-refractivity contribution in [3.05, 3.63) is 53.0 Å². The topological polar surface area (TPSA) is 115 Å². The Kier molecular flexibility index (Phi) is 7.10. The first-order valence-electron chi connectivity index (χ1n) is 9.49. The summed E-state index contributed by atoms with van der Waals surface area (Å²) in [6.07, 6.45) is 2.40. The van der Waals surface area contributed by atoms with E-state index < -0.39 is 32.4 Å². The van der Waals surface area contributed by atoms with Gasteiger partial charge in [0.15, 0.2) is 25.5 Å². The van der Waals surface area contributed by atoms with Crippen LogP contribution in [0.1, 0.15) is 18.9 Å². The summed E-state index contributed by atoms with van der Waals surface area (Å²) >= 11 is 0.687. The lowest BCUT2D eigenvalue weighted by Gasteiger charge is -2.20. The molecule has 2 aromatic rings. The highest BCUT2D eigenvalue weighted by Gasteiger charge is 2.55. The molecule has 8 nitrogen and oxygen atoms in total. The molecule has 0 saturated heterocycles. The highest BCUT2D eigenvalue weighted by atomic mass is 32.2. The molecule has 0 spiro atoms. The van der Waals surface area contributed by atoms with Gasteiger partial charge in [0, 0.05) is 13.7 Å². The van der Waals surface area contributed by atoms with Crippen molar-refractivity contribution in [1.29, 1.82) is 0 Å². The minimum atomic E-state index is -3.49. The molecule has 0 fully saturated rings.